The minimum absolute atomic E-state index is 0.515. The molecule has 0 amide bonds. The molecule has 1 rings (SSSR count). The van der Waals surface area contributed by atoms with E-state index in [1.54, 1.807) is 17.9 Å². The van der Waals surface area contributed by atoms with Gasteiger partial charge in [-0.05, 0) is 12.8 Å². The maximum Gasteiger partial charge on any atom is 0.127 e. The first kappa shape index (κ1) is 10.8. The molecule has 0 fully saturated rings. The normalized spacial score (nSPS) is 12.8. The second-order valence-electron chi connectivity index (χ2n) is 3.43. The van der Waals surface area contributed by atoms with Crippen LogP contribution in [0, 0.1) is 0 Å². The molecular formula is C10H17N3O. The molecule has 3 N–H and O–H groups in total. The summed E-state index contributed by atoms with van der Waals surface area (Å²) in [7, 11) is 1.75. The highest BCUT2D eigenvalue weighted by Gasteiger charge is 2.14. The maximum atomic E-state index is 9.82. The lowest BCUT2D eigenvalue weighted by Crippen LogP contribution is -2.04. The summed E-state index contributed by atoms with van der Waals surface area (Å²) in [6, 6.07) is 0. The van der Waals surface area contributed by atoms with E-state index in [0.717, 1.165) is 12.0 Å². The zero-order valence-electron chi connectivity index (χ0n) is 8.70. The number of hydrogen-bond donors (Lipinski definition) is 2. The summed E-state index contributed by atoms with van der Waals surface area (Å²) in [4.78, 5) is 0. The Bertz CT molecular complexity index is 330. The van der Waals surface area contributed by atoms with Crippen LogP contribution in [0.15, 0.2) is 18.3 Å². The molecule has 1 aromatic rings. The monoisotopic (exact) mass is 195 g/mol. The lowest BCUT2D eigenvalue weighted by atomic mass is 10.0. The Hall–Kier alpha value is -1.29. The van der Waals surface area contributed by atoms with E-state index >= 15 is 0 Å². The number of hydrogen-bond acceptors (Lipinski definition) is 3. The van der Waals surface area contributed by atoms with E-state index in [1.165, 1.54) is 0 Å². The Morgan fingerprint density at radius 3 is 2.86 bits per heavy atom. The van der Waals surface area contributed by atoms with Gasteiger partial charge >= 0.3 is 0 Å². The largest absolute Gasteiger partial charge is 0.388 e. The smallest absolute Gasteiger partial charge is 0.127 e. The lowest BCUT2D eigenvalue weighted by Gasteiger charge is -2.10. The lowest BCUT2D eigenvalue weighted by molar-refractivity contribution is 0.178. The van der Waals surface area contributed by atoms with E-state index in [0.29, 0.717) is 17.8 Å². The Morgan fingerprint density at radius 2 is 2.43 bits per heavy atom. The van der Waals surface area contributed by atoms with Crippen LogP contribution in [-0.4, -0.2) is 14.9 Å². The van der Waals surface area contributed by atoms with Crippen LogP contribution in [0.2, 0.25) is 0 Å². The van der Waals surface area contributed by atoms with Gasteiger partial charge in [-0.25, -0.2) is 0 Å². The molecule has 0 bridgehead atoms. The van der Waals surface area contributed by atoms with Crippen LogP contribution in [0.5, 0.6) is 0 Å². The predicted octanol–water partition coefficient (Wildman–Crippen LogP) is 1.39. The van der Waals surface area contributed by atoms with Crippen molar-refractivity contribution in [2.45, 2.75) is 25.9 Å². The highest BCUT2D eigenvalue weighted by Crippen LogP contribution is 2.25. The fourth-order valence-corrected chi connectivity index (χ4v) is 1.25. The zero-order valence-corrected chi connectivity index (χ0v) is 8.70. The van der Waals surface area contributed by atoms with Crippen LogP contribution in [0.25, 0.3) is 0 Å². The molecule has 78 valence electrons. The molecule has 4 nitrogen and oxygen atoms in total. The molecule has 14 heavy (non-hydrogen) atoms. The van der Waals surface area contributed by atoms with Gasteiger partial charge < -0.3 is 10.8 Å². The van der Waals surface area contributed by atoms with E-state index in [-0.39, 0.29) is 0 Å². The molecule has 1 aromatic heterocycles. The van der Waals surface area contributed by atoms with Crippen LogP contribution < -0.4 is 5.73 Å². The number of nitrogens with zero attached hydrogens (tertiary/aromatic N) is 2. The van der Waals surface area contributed by atoms with Gasteiger partial charge in [0.2, 0.25) is 0 Å². The third-order valence-corrected chi connectivity index (χ3v) is 2.36. The second kappa shape index (κ2) is 4.28. The minimum Gasteiger partial charge on any atom is -0.388 e. The molecule has 0 aliphatic rings. The first-order chi connectivity index (χ1) is 6.56. The number of rotatable bonds is 4. The first-order valence-electron chi connectivity index (χ1n) is 4.68. The van der Waals surface area contributed by atoms with Gasteiger partial charge in [-0.3, -0.25) is 4.68 Å². The quantitative estimate of drug-likeness (QED) is 0.714. The van der Waals surface area contributed by atoms with Crippen molar-refractivity contribution in [2.75, 3.05) is 5.73 Å². The third kappa shape index (κ3) is 2.14. The Balaban J connectivity index is 2.74. The van der Waals surface area contributed by atoms with Crippen molar-refractivity contribution >= 4 is 5.82 Å². The number of nitrogens with two attached hydrogens (primary N) is 1. The Morgan fingerprint density at radius 1 is 1.79 bits per heavy atom. The van der Waals surface area contributed by atoms with Crippen LogP contribution in [-0.2, 0) is 7.05 Å². The molecule has 0 aliphatic heterocycles. The number of aryl methyl sites for hydroxylation is 1. The predicted molar refractivity (Wildman–Crippen MR) is 56.6 cm³/mol. The van der Waals surface area contributed by atoms with E-state index < -0.39 is 6.10 Å². The van der Waals surface area contributed by atoms with Gasteiger partial charge in [0.25, 0.3) is 0 Å². The van der Waals surface area contributed by atoms with Crippen molar-refractivity contribution in [1.29, 1.82) is 0 Å². The van der Waals surface area contributed by atoms with E-state index in [9.17, 15) is 5.11 Å². The van der Waals surface area contributed by atoms with Crippen LogP contribution >= 0.6 is 0 Å². The molecule has 1 unspecified atom stereocenters. The van der Waals surface area contributed by atoms with Gasteiger partial charge in [0.15, 0.2) is 0 Å². The molecule has 0 aromatic carbocycles. The fraction of sp³-hybridized carbons (Fsp3) is 0.500. The topological polar surface area (TPSA) is 64.1 Å². The number of aliphatic hydroxyl groups is 1. The Kier molecular flexibility index (Phi) is 3.30. The van der Waals surface area contributed by atoms with Gasteiger partial charge in [-0.15, -0.1) is 0 Å². The summed E-state index contributed by atoms with van der Waals surface area (Å²) in [6.07, 6.45) is 2.43. The van der Waals surface area contributed by atoms with Gasteiger partial charge in [0.1, 0.15) is 5.82 Å². The highest BCUT2D eigenvalue weighted by molar-refractivity contribution is 5.40. The standard InChI is InChI=1S/C10H17N3O/c1-4-7(2)5-9(14)8-6-12-13(3)10(8)11/h6,9,14H,2,4-5,11H2,1,3H3. The first-order valence-corrected chi connectivity index (χ1v) is 4.68. The summed E-state index contributed by atoms with van der Waals surface area (Å²) in [5.74, 6) is 0.515. The molecule has 0 spiro atoms. The fourth-order valence-electron chi connectivity index (χ4n) is 1.25. The molecule has 0 aliphatic carbocycles. The van der Waals surface area contributed by atoms with Crippen molar-refractivity contribution in [3.05, 3.63) is 23.9 Å². The number of nitrogen functional groups attached to an aromatic ring is 1. The summed E-state index contributed by atoms with van der Waals surface area (Å²) < 4.78 is 1.55. The SMILES string of the molecule is C=C(CC)CC(O)c1cnn(C)c1N. The van der Waals surface area contributed by atoms with Gasteiger partial charge in [-0.1, -0.05) is 19.1 Å². The van der Waals surface area contributed by atoms with Crippen LogP contribution in [0.1, 0.15) is 31.4 Å². The van der Waals surface area contributed by atoms with Gasteiger partial charge in [0.05, 0.1) is 12.3 Å². The van der Waals surface area contributed by atoms with E-state index in [4.69, 9.17) is 5.73 Å². The van der Waals surface area contributed by atoms with Crippen molar-refractivity contribution in [3.63, 3.8) is 0 Å². The molecule has 1 heterocycles. The van der Waals surface area contributed by atoms with Crippen molar-refractivity contribution < 1.29 is 5.11 Å². The average Bonchev–Trinajstić information content (AvgIpc) is 2.47. The molecule has 4 heteroatoms. The van der Waals surface area contributed by atoms with Crippen LogP contribution in [0.4, 0.5) is 5.82 Å². The Labute approximate surface area is 84.0 Å². The van der Waals surface area contributed by atoms with Crippen molar-refractivity contribution in [1.82, 2.24) is 9.78 Å². The highest BCUT2D eigenvalue weighted by atomic mass is 16.3. The van der Waals surface area contributed by atoms with E-state index in [2.05, 4.69) is 11.7 Å². The number of aliphatic hydroxyl groups excluding tert-OH is 1. The molecule has 0 saturated carbocycles. The summed E-state index contributed by atoms with van der Waals surface area (Å²) in [5.41, 5.74) is 7.43. The van der Waals surface area contributed by atoms with Crippen molar-refractivity contribution in [2.24, 2.45) is 7.05 Å². The number of aromatic nitrogens is 2. The third-order valence-electron chi connectivity index (χ3n) is 2.36. The molecular weight excluding hydrogens is 178 g/mol. The summed E-state index contributed by atoms with van der Waals surface area (Å²) in [5, 5.41) is 13.8. The van der Waals surface area contributed by atoms with E-state index in [1.807, 2.05) is 6.92 Å². The second-order valence-corrected chi connectivity index (χ2v) is 3.43. The summed E-state index contributed by atoms with van der Waals surface area (Å²) >= 11 is 0. The molecule has 1 atom stereocenters. The molecule has 0 saturated heterocycles. The maximum absolute atomic E-state index is 9.82. The average molecular weight is 195 g/mol. The molecule has 0 radical (unpaired) electrons. The zero-order chi connectivity index (χ0) is 10.7. The number of anilines is 1. The van der Waals surface area contributed by atoms with Crippen molar-refractivity contribution in [3.8, 4) is 0 Å². The van der Waals surface area contributed by atoms with Gasteiger partial charge in [-0.2, -0.15) is 5.10 Å². The van der Waals surface area contributed by atoms with Gasteiger partial charge in [0, 0.05) is 12.6 Å². The van der Waals surface area contributed by atoms with Crippen LogP contribution in [0.3, 0.4) is 0 Å². The summed E-state index contributed by atoms with van der Waals surface area (Å²) in [6.45, 7) is 5.86. The minimum atomic E-state index is -0.587.